The second kappa shape index (κ2) is 7.87. The van der Waals surface area contributed by atoms with Crippen molar-refractivity contribution in [1.82, 2.24) is 10.6 Å². The van der Waals surface area contributed by atoms with E-state index in [1.54, 1.807) is 4.90 Å². The van der Waals surface area contributed by atoms with Gasteiger partial charge in [-0.2, -0.15) is 0 Å². The van der Waals surface area contributed by atoms with Crippen LogP contribution in [0.1, 0.15) is 36.9 Å². The highest BCUT2D eigenvalue weighted by Crippen LogP contribution is 2.38. The monoisotopic (exact) mass is 392 g/mol. The van der Waals surface area contributed by atoms with E-state index >= 15 is 0 Å². The molecule has 2 aromatic carbocycles. The molecule has 2 amide bonds. The third kappa shape index (κ3) is 3.85. The van der Waals surface area contributed by atoms with E-state index in [4.69, 9.17) is 0 Å². The van der Waals surface area contributed by atoms with E-state index < -0.39 is 5.54 Å². The van der Waals surface area contributed by atoms with Crippen LogP contribution in [-0.2, 0) is 9.59 Å². The number of piperidine rings is 1. The Kier molecular flexibility index (Phi) is 5.28. The van der Waals surface area contributed by atoms with Gasteiger partial charge in [0.1, 0.15) is 12.1 Å². The molecule has 0 unspecified atom stereocenters. The van der Waals surface area contributed by atoms with E-state index in [0.29, 0.717) is 12.8 Å². The van der Waals surface area contributed by atoms with Crippen LogP contribution in [0.3, 0.4) is 0 Å². The number of hydrogen-bond donors (Lipinski definition) is 3. The summed E-state index contributed by atoms with van der Waals surface area (Å²) in [5.41, 5.74) is 3.27. The van der Waals surface area contributed by atoms with Crippen LogP contribution >= 0.6 is 0 Å². The second-order valence-electron chi connectivity index (χ2n) is 8.07. The highest BCUT2D eigenvalue weighted by Gasteiger charge is 2.46. The zero-order valence-corrected chi connectivity index (χ0v) is 17.0. The number of amides is 2. The molecule has 1 saturated heterocycles. The van der Waals surface area contributed by atoms with Crippen molar-refractivity contribution in [3.8, 4) is 0 Å². The molecule has 152 valence electrons. The molecule has 29 heavy (non-hydrogen) atoms. The Bertz CT molecular complexity index is 903. The van der Waals surface area contributed by atoms with Crippen molar-refractivity contribution in [2.45, 2.75) is 38.3 Å². The number of anilines is 2. The van der Waals surface area contributed by atoms with Crippen molar-refractivity contribution in [2.24, 2.45) is 0 Å². The van der Waals surface area contributed by atoms with Crippen LogP contribution in [0.2, 0.25) is 0 Å². The molecular formula is C23H28N4O2. The number of benzene rings is 2. The minimum atomic E-state index is -0.636. The van der Waals surface area contributed by atoms with Crippen molar-refractivity contribution in [2.75, 3.05) is 29.9 Å². The summed E-state index contributed by atoms with van der Waals surface area (Å²) >= 11 is 0. The van der Waals surface area contributed by atoms with E-state index in [1.807, 2.05) is 62.4 Å². The summed E-state index contributed by atoms with van der Waals surface area (Å²) in [6, 6.07) is 15.7. The predicted molar refractivity (Wildman–Crippen MR) is 115 cm³/mol. The fraction of sp³-hybridized carbons (Fsp3) is 0.391. The number of nitrogens with zero attached hydrogens (tertiary/aromatic N) is 1. The van der Waals surface area contributed by atoms with Gasteiger partial charge in [-0.25, -0.2) is 0 Å². The van der Waals surface area contributed by atoms with Gasteiger partial charge in [-0.15, -0.1) is 0 Å². The van der Waals surface area contributed by atoms with Crippen molar-refractivity contribution in [3.63, 3.8) is 0 Å². The summed E-state index contributed by atoms with van der Waals surface area (Å²) in [6.07, 6.45) is 1.41. The van der Waals surface area contributed by atoms with Gasteiger partial charge in [0, 0.05) is 0 Å². The summed E-state index contributed by atoms with van der Waals surface area (Å²) in [6.45, 7) is 5.58. The largest absolute Gasteiger partial charge is 0.369 e. The summed E-state index contributed by atoms with van der Waals surface area (Å²) < 4.78 is 0. The third-order valence-corrected chi connectivity index (χ3v) is 5.94. The highest BCUT2D eigenvalue weighted by molar-refractivity contribution is 6.10. The van der Waals surface area contributed by atoms with Crippen LogP contribution in [0.5, 0.6) is 0 Å². The molecule has 3 N–H and O–H groups in total. The number of para-hydroxylation sites is 2. The normalized spacial score (nSPS) is 18.7. The number of aryl methyl sites for hydroxylation is 1. The maximum absolute atomic E-state index is 13.4. The van der Waals surface area contributed by atoms with Crippen LogP contribution in [0.25, 0.3) is 0 Å². The summed E-state index contributed by atoms with van der Waals surface area (Å²) in [4.78, 5) is 27.9. The minimum absolute atomic E-state index is 0.0168. The van der Waals surface area contributed by atoms with Crippen LogP contribution in [-0.4, -0.2) is 37.0 Å². The van der Waals surface area contributed by atoms with Gasteiger partial charge in [0.05, 0.1) is 17.4 Å². The van der Waals surface area contributed by atoms with Gasteiger partial charge in [-0.3, -0.25) is 14.5 Å². The summed E-state index contributed by atoms with van der Waals surface area (Å²) in [5, 5.41) is 9.83. The van der Waals surface area contributed by atoms with E-state index in [2.05, 4.69) is 16.0 Å². The molecule has 0 aromatic heterocycles. The molecule has 2 aliphatic heterocycles. The molecule has 1 atom stereocenters. The fourth-order valence-corrected chi connectivity index (χ4v) is 4.21. The minimum Gasteiger partial charge on any atom is -0.369 e. The molecule has 2 aliphatic rings. The first-order chi connectivity index (χ1) is 14.0. The first kappa shape index (κ1) is 19.5. The van der Waals surface area contributed by atoms with Gasteiger partial charge in [0.15, 0.2) is 0 Å². The lowest BCUT2D eigenvalue weighted by Crippen LogP contribution is -2.62. The zero-order chi connectivity index (χ0) is 20.4. The SMILES string of the molecule is Cc1ccc([C@@H](C)NC(=O)CN2C(=O)C3(CCNCC3)Nc3ccccc32)cc1. The second-order valence-corrected chi connectivity index (χ2v) is 8.07. The maximum atomic E-state index is 13.4. The summed E-state index contributed by atoms with van der Waals surface area (Å²) in [5.74, 6) is -0.178. The average Bonchev–Trinajstić information content (AvgIpc) is 2.72. The lowest BCUT2D eigenvalue weighted by molar-refractivity contribution is -0.127. The third-order valence-electron chi connectivity index (χ3n) is 5.94. The standard InChI is InChI=1S/C23H28N4O2/c1-16-7-9-18(10-8-16)17(2)25-21(28)15-27-20-6-4-3-5-19(20)26-23(22(27)29)11-13-24-14-12-23/h3-10,17,24,26H,11-15H2,1-2H3,(H,25,28)/t17-/m1/s1. The van der Waals surface area contributed by atoms with Gasteiger partial charge in [-0.1, -0.05) is 42.0 Å². The molecule has 2 heterocycles. The van der Waals surface area contributed by atoms with Gasteiger partial charge < -0.3 is 16.0 Å². The van der Waals surface area contributed by atoms with E-state index in [1.165, 1.54) is 5.56 Å². The maximum Gasteiger partial charge on any atom is 0.253 e. The topological polar surface area (TPSA) is 73.5 Å². The van der Waals surface area contributed by atoms with Gasteiger partial charge in [-0.05, 0) is 57.5 Å². The van der Waals surface area contributed by atoms with Crippen molar-refractivity contribution < 1.29 is 9.59 Å². The number of carbonyl (C=O) groups excluding carboxylic acids is 2. The quantitative estimate of drug-likeness (QED) is 0.748. The predicted octanol–water partition coefficient (Wildman–Crippen LogP) is 2.75. The highest BCUT2D eigenvalue weighted by atomic mass is 16.2. The number of fused-ring (bicyclic) bond motifs is 1. The van der Waals surface area contributed by atoms with Gasteiger partial charge in [0.25, 0.3) is 5.91 Å². The molecule has 1 fully saturated rings. The van der Waals surface area contributed by atoms with Crippen LogP contribution in [0.15, 0.2) is 48.5 Å². The lowest BCUT2D eigenvalue weighted by Gasteiger charge is -2.45. The van der Waals surface area contributed by atoms with Crippen molar-refractivity contribution in [3.05, 3.63) is 59.7 Å². The first-order valence-electron chi connectivity index (χ1n) is 10.2. The molecule has 0 saturated carbocycles. The Balaban J connectivity index is 1.53. The molecule has 6 nitrogen and oxygen atoms in total. The fourth-order valence-electron chi connectivity index (χ4n) is 4.21. The summed E-state index contributed by atoms with van der Waals surface area (Å²) in [7, 11) is 0. The Morgan fingerprint density at radius 2 is 1.83 bits per heavy atom. The molecule has 6 heteroatoms. The Morgan fingerprint density at radius 1 is 1.14 bits per heavy atom. The number of rotatable bonds is 4. The van der Waals surface area contributed by atoms with Crippen LogP contribution < -0.4 is 20.9 Å². The van der Waals surface area contributed by atoms with E-state index in [9.17, 15) is 9.59 Å². The van der Waals surface area contributed by atoms with Crippen LogP contribution in [0.4, 0.5) is 11.4 Å². The Labute approximate surface area is 171 Å². The number of hydrogen-bond acceptors (Lipinski definition) is 4. The molecular weight excluding hydrogens is 364 g/mol. The van der Waals surface area contributed by atoms with E-state index in [-0.39, 0.29) is 24.4 Å². The molecule has 1 spiro atoms. The zero-order valence-electron chi connectivity index (χ0n) is 17.0. The van der Waals surface area contributed by atoms with Crippen LogP contribution in [0, 0.1) is 6.92 Å². The van der Waals surface area contributed by atoms with Gasteiger partial charge >= 0.3 is 0 Å². The lowest BCUT2D eigenvalue weighted by atomic mass is 9.84. The molecule has 0 radical (unpaired) electrons. The molecule has 2 aromatic rings. The van der Waals surface area contributed by atoms with Gasteiger partial charge in [0.2, 0.25) is 5.91 Å². The Hall–Kier alpha value is -2.86. The molecule has 4 rings (SSSR count). The molecule has 0 bridgehead atoms. The Morgan fingerprint density at radius 3 is 2.55 bits per heavy atom. The average molecular weight is 393 g/mol. The number of nitrogens with one attached hydrogen (secondary N) is 3. The first-order valence-corrected chi connectivity index (χ1v) is 10.2. The molecule has 0 aliphatic carbocycles. The van der Waals surface area contributed by atoms with Crippen molar-refractivity contribution >= 4 is 23.2 Å². The number of carbonyl (C=O) groups is 2. The van der Waals surface area contributed by atoms with E-state index in [0.717, 1.165) is 30.0 Å². The smallest absolute Gasteiger partial charge is 0.253 e. The van der Waals surface area contributed by atoms with Crippen molar-refractivity contribution in [1.29, 1.82) is 0 Å².